The number of anilines is 1. The summed E-state index contributed by atoms with van der Waals surface area (Å²) in [6.45, 7) is 1.70. The fourth-order valence-corrected chi connectivity index (χ4v) is 3.94. The van der Waals surface area contributed by atoms with Crippen molar-refractivity contribution < 1.29 is 14.3 Å². The number of hydrogen-bond acceptors (Lipinski definition) is 4. The minimum atomic E-state index is -0.133. The summed E-state index contributed by atoms with van der Waals surface area (Å²) in [6.07, 6.45) is 1.27. The summed E-state index contributed by atoms with van der Waals surface area (Å²) in [7, 11) is 0. The molecule has 0 unspecified atom stereocenters. The standard InChI is InChI=1S/C27H29N3O3/c31-26(21-33-25-14-8-3-9-15-25)29-18-16-23(17-19-29)27(32)28-30(24-12-6-2-7-13-24)20-22-10-4-1-5-11-22/h1-15,23H,16-21H2,(H,28,32). The molecule has 0 radical (unpaired) electrons. The topological polar surface area (TPSA) is 61.9 Å². The SMILES string of the molecule is O=C(NN(Cc1ccccc1)c1ccccc1)C1CCN(C(=O)COc2ccccc2)CC1. The number of carbonyl (C=O) groups excluding carboxylic acids is 2. The Kier molecular flexibility index (Phi) is 7.59. The first kappa shape index (κ1) is 22.4. The molecule has 170 valence electrons. The molecular weight excluding hydrogens is 414 g/mol. The Hall–Kier alpha value is -3.80. The van der Waals surface area contributed by atoms with Gasteiger partial charge in [0.1, 0.15) is 5.75 Å². The average molecular weight is 444 g/mol. The highest BCUT2D eigenvalue weighted by molar-refractivity contribution is 5.81. The van der Waals surface area contributed by atoms with E-state index in [1.165, 1.54) is 0 Å². The molecule has 0 spiro atoms. The Labute approximate surface area is 194 Å². The van der Waals surface area contributed by atoms with Crippen molar-refractivity contribution in [2.24, 2.45) is 5.92 Å². The molecule has 1 heterocycles. The number of para-hydroxylation sites is 2. The van der Waals surface area contributed by atoms with E-state index in [0.29, 0.717) is 38.2 Å². The van der Waals surface area contributed by atoms with Crippen molar-refractivity contribution >= 4 is 17.5 Å². The van der Waals surface area contributed by atoms with Crippen LogP contribution in [-0.2, 0) is 16.1 Å². The highest BCUT2D eigenvalue weighted by Crippen LogP contribution is 2.20. The van der Waals surface area contributed by atoms with Crippen LogP contribution >= 0.6 is 0 Å². The summed E-state index contributed by atoms with van der Waals surface area (Å²) in [5.41, 5.74) is 5.15. The second-order valence-corrected chi connectivity index (χ2v) is 8.14. The number of amides is 2. The van der Waals surface area contributed by atoms with E-state index in [9.17, 15) is 9.59 Å². The van der Waals surface area contributed by atoms with Crippen molar-refractivity contribution in [3.63, 3.8) is 0 Å². The highest BCUT2D eigenvalue weighted by atomic mass is 16.5. The molecule has 6 nitrogen and oxygen atoms in total. The zero-order valence-corrected chi connectivity index (χ0v) is 18.6. The second kappa shape index (κ2) is 11.2. The predicted molar refractivity (Wildman–Crippen MR) is 128 cm³/mol. The lowest BCUT2D eigenvalue weighted by Crippen LogP contribution is -2.49. The van der Waals surface area contributed by atoms with Crippen LogP contribution in [0, 0.1) is 5.92 Å². The molecule has 2 amide bonds. The number of nitrogens with zero attached hydrogens (tertiary/aromatic N) is 2. The lowest BCUT2D eigenvalue weighted by atomic mass is 9.96. The molecule has 0 atom stereocenters. The van der Waals surface area contributed by atoms with Crippen LogP contribution in [-0.4, -0.2) is 36.4 Å². The average Bonchev–Trinajstić information content (AvgIpc) is 2.88. The van der Waals surface area contributed by atoms with Gasteiger partial charge in [-0.1, -0.05) is 66.7 Å². The smallest absolute Gasteiger partial charge is 0.260 e. The van der Waals surface area contributed by atoms with E-state index >= 15 is 0 Å². The molecule has 1 N–H and O–H groups in total. The van der Waals surface area contributed by atoms with Gasteiger partial charge in [-0.15, -0.1) is 0 Å². The fraction of sp³-hybridized carbons (Fsp3) is 0.259. The number of ether oxygens (including phenoxy) is 1. The largest absolute Gasteiger partial charge is 0.484 e. The maximum absolute atomic E-state index is 13.1. The normalized spacial score (nSPS) is 13.9. The Morgan fingerprint density at radius 1 is 0.848 bits per heavy atom. The number of likely N-dealkylation sites (tertiary alicyclic amines) is 1. The van der Waals surface area contributed by atoms with Gasteiger partial charge in [-0.05, 0) is 42.7 Å². The van der Waals surface area contributed by atoms with E-state index < -0.39 is 0 Å². The predicted octanol–water partition coefficient (Wildman–Crippen LogP) is 4.04. The van der Waals surface area contributed by atoms with Crippen LogP contribution in [0.1, 0.15) is 18.4 Å². The highest BCUT2D eigenvalue weighted by Gasteiger charge is 2.28. The molecule has 6 heteroatoms. The van der Waals surface area contributed by atoms with Crippen LogP contribution in [0.3, 0.4) is 0 Å². The maximum atomic E-state index is 13.1. The fourth-order valence-electron chi connectivity index (χ4n) is 3.94. The molecule has 33 heavy (non-hydrogen) atoms. The minimum absolute atomic E-state index is 0.0116. The summed E-state index contributed by atoms with van der Waals surface area (Å²) in [6, 6.07) is 29.2. The number of benzene rings is 3. The molecule has 4 rings (SSSR count). The van der Waals surface area contributed by atoms with Gasteiger partial charge >= 0.3 is 0 Å². The Morgan fingerprint density at radius 2 is 1.42 bits per heavy atom. The third-order valence-corrected chi connectivity index (χ3v) is 5.82. The number of hydrazine groups is 1. The van der Waals surface area contributed by atoms with Crippen LogP contribution in [0.25, 0.3) is 0 Å². The number of carbonyl (C=O) groups is 2. The molecule has 0 saturated carbocycles. The molecule has 3 aromatic carbocycles. The molecule has 1 fully saturated rings. The molecular formula is C27H29N3O3. The second-order valence-electron chi connectivity index (χ2n) is 8.14. The van der Waals surface area contributed by atoms with E-state index in [-0.39, 0.29) is 24.3 Å². The van der Waals surface area contributed by atoms with Crippen molar-refractivity contribution in [3.8, 4) is 5.75 Å². The van der Waals surface area contributed by atoms with Gasteiger partial charge in [0.2, 0.25) is 5.91 Å². The molecule has 0 aliphatic carbocycles. The van der Waals surface area contributed by atoms with Crippen LogP contribution < -0.4 is 15.2 Å². The van der Waals surface area contributed by atoms with Crippen molar-refractivity contribution in [2.75, 3.05) is 24.7 Å². The van der Waals surface area contributed by atoms with Gasteiger partial charge in [0.05, 0.1) is 12.2 Å². The molecule has 1 saturated heterocycles. The summed E-state index contributed by atoms with van der Waals surface area (Å²) in [5.74, 6) is 0.487. The first-order chi connectivity index (χ1) is 16.2. The lowest BCUT2D eigenvalue weighted by molar-refractivity contribution is -0.137. The zero-order valence-electron chi connectivity index (χ0n) is 18.6. The Bertz CT molecular complexity index is 1020. The third kappa shape index (κ3) is 6.35. The lowest BCUT2D eigenvalue weighted by Gasteiger charge is -2.33. The van der Waals surface area contributed by atoms with Gasteiger partial charge < -0.3 is 9.64 Å². The summed E-state index contributed by atoms with van der Waals surface area (Å²) in [5, 5.41) is 1.89. The van der Waals surface area contributed by atoms with Crippen LogP contribution in [0.2, 0.25) is 0 Å². The first-order valence-corrected chi connectivity index (χ1v) is 11.3. The van der Waals surface area contributed by atoms with Crippen molar-refractivity contribution in [3.05, 3.63) is 96.6 Å². The van der Waals surface area contributed by atoms with Gasteiger partial charge in [0.15, 0.2) is 6.61 Å². The van der Waals surface area contributed by atoms with E-state index in [1.807, 2.05) is 96.0 Å². The van der Waals surface area contributed by atoms with E-state index in [4.69, 9.17) is 4.74 Å². The van der Waals surface area contributed by atoms with Crippen LogP contribution in [0.4, 0.5) is 5.69 Å². The molecule has 0 bridgehead atoms. The Morgan fingerprint density at radius 3 is 2.06 bits per heavy atom. The van der Waals surface area contributed by atoms with E-state index in [2.05, 4.69) is 5.43 Å². The number of rotatable bonds is 8. The van der Waals surface area contributed by atoms with Gasteiger partial charge in [-0.2, -0.15) is 0 Å². The van der Waals surface area contributed by atoms with Gasteiger partial charge in [-0.3, -0.25) is 20.0 Å². The molecule has 3 aromatic rings. The monoisotopic (exact) mass is 443 g/mol. The van der Waals surface area contributed by atoms with Gasteiger partial charge in [0, 0.05) is 19.0 Å². The Balaban J connectivity index is 1.30. The number of piperidine rings is 1. The maximum Gasteiger partial charge on any atom is 0.260 e. The first-order valence-electron chi connectivity index (χ1n) is 11.3. The quantitative estimate of drug-likeness (QED) is 0.534. The zero-order chi connectivity index (χ0) is 22.9. The van der Waals surface area contributed by atoms with Gasteiger partial charge in [0.25, 0.3) is 5.91 Å². The minimum Gasteiger partial charge on any atom is -0.484 e. The van der Waals surface area contributed by atoms with Crippen molar-refractivity contribution in [1.82, 2.24) is 10.3 Å². The van der Waals surface area contributed by atoms with Crippen molar-refractivity contribution in [2.45, 2.75) is 19.4 Å². The van der Waals surface area contributed by atoms with Crippen molar-refractivity contribution in [1.29, 1.82) is 0 Å². The van der Waals surface area contributed by atoms with Crippen LogP contribution in [0.5, 0.6) is 5.75 Å². The summed E-state index contributed by atoms with van der Waals surface area (Å²) < 4.78 is 5.58. The molecule has 1 aliphatic heterocycles. The molecule has 1 aliphatic rings. The van der Waals surface area contributed by atoms with E-state index in [0.717, 1.165) is 11.3 Å². The summed E-state index contributed by atoms with van der Waals surface area (Å²) in [4.78, 5) is 27.4. The third-order valence-electron chi connectivity index (χ3n) is 5.82. The van der Waals surface area contributed by atoms with E-state index in [1.54, 1.807) is 4.90 Å². The molecule has 0 aromatic heterocycles. The summed E-state index contributed by atoms with van der Waals surface area (Å²) >= 11 is 0. The number of nitrogens with one attached hydrogen (secondary N) is 1. The van der Waals surface area contributed by atoms with Gasteiger partial charge in [-0.25, -0.2) is 0 Å². The van der Waals surface area contributed by atoms with Crippen LogP contribution in [0.15, 0.2) is 91.0 Å². The number of hydrogen-bond donors (Lipinski definition) is 1.